The zero-order valence-corrected chi connectivity index (χ0v) is 16.8. The van der Waals surface area contributed by atoms with Crippen molar-refractivity contribution in [3.63, 3.8) is 0 Å². The van der Waals surface area contributed by atoms with Gasteiger partial charge in [0.1, 0.15) is 5.82 Å². The Morgan fingerprint density at radius 2 is 1.93 bits per heavy atom. The van der Waals surface area contributed by atoms with Crippen LogP contribution < -0.4 is 16.0 Å². The molecule has 0 bridgehead atoms. The van der Waals surface area contributed by atoms with E-state index in [4.69, 9.17) is 11.6 Å². The lowest BCUT2D eigenvalue weighted by molar-refractivity contribution is -0.111. The predicted octanol–water partition coefficient (Wildman–Crippen LogP) is 4.63. The molecular weight excluding hydrogens is 402 g/mol. The summed E-state index contributed by atoms with van der Waals surface area (Å²) in [5.74, 6) is 0.626. The highest BCUT2D eigenvalue weighted by Gasteiger charge is 2.12. The lowest BCUT2D eigenvalue weighted by Crippen LogP contribution is -2.09. The number of para-hydroxylation sites is 2. The standard InChI is InChI=1S/C21H18ClN7O/c1-3-19(30)25-17-6-4-5-7-18(17)26-20-15-10-13(22)8-9-16(15)27-21(28-20)24-14-11-23-29(2)12-14/h3-12H,1H2,2H3,(H,25,30)(H2,24,26,27,28). The van der Waals surface area contributed by atoms with E-state index in [2.05, 4.69) is 37.6 Å². The maximum atomic E-state index is 11.8. The molecule has 4 rings (SSSR count). The maximum absolute atomic E-state index is 11.8. The molecular formula is C21H18ClN7O. The van der Waals surface area contributed by atoms with Crippen LogP contribution >= 0.6 is 11.6 Å². The third kappa shape index (κ3) is 4.23. The van der Waals surface area contributed by atoms with Crippen LogP contribution in [0.1, 0.15) is 0 Å². The van der Waals surface area contributed by atoms with Crippen LogP contribution in [0.15, 0.2) is 67.5 Å². The Labute approximate surface area is 177 Å². The van der Waals surface area contributed by atoms with Crippen LogP contribution in [0.3, 0.4) is 0 Å². The number of rotatable bonds is 6. The second kappa shape index (κ2) is 8.22. The molecule has 150 valence electrons. The Morgan fingerprint density at radius 3 is 2.67 bits per heavy atom. The molecule has 0 radical (unpaired) electrons. The number of halogens is 1. The SMILES string of the molecule is C=CC(=O)Nc1ccccc1Nc1nc(Nc2cnn(C)c2)nc2ccc(Cl)cc12. The average Bonchev–Trinajstić information content (AvgIpc) is 3.14. The Kier molecular flexibility index (Phi) is 5.32. The molecule has 0 unspecified atom stereocenters. The highest BCUT2D eigenvalue weighted by Crippen LogP contribution is 2.31. The summed E-state index contributed by atoms with van der Waals surface area (Å²) < 4.78 is 1.68. The van der Waals surface area contributed by atoms with Crippen LogP contribution in [0, 0.1) is 0 Å². The first-order chi connectivity index (χ1) is 14.5. The van der Waals surface area contributed by atoms with E-state index in [1.165, 1.54) is 6.08 Å². The number of nitrogens with zero attached hydrogens (tertiary/aromatic N) is 4. The van der Waals surface area contributed by atoms with E-state index in [9.17, 15) is 4.79 Å². The highest BCUT2D eigenvalue weighted by molar-refractivity contribution is 6.31. The number of fused-ring (bicyclic) bond motifs is 1. The first-order valence-corrected chi connectivity index (χ1v) is 9.42. The van der Waals surface area contributed by atoms with Gasteiger partial charge in [0.2, 0.25) is 11.9 Å². The molecule has 3 N–H and O–H groups in total. The summed E-state index contributed by atoms with van der Waals surface area (Å²) in [7, 11) is 1.83. The molecule has 30 heavy (non-hydrogen) atoms. The summed E-state index contributed by atoms with van der Waals surface area (Å²) >= 11 is 6.21. The molecule has 8 nitrogen and oxygen atoms in total. The van der Waals surface area contributed by atoms with Crippen LogP contribution in [-0.4, -0.2) is 25.7 Å². The van der Waals surface area contributed by atoms with Gasteiger partial charge in [-0.3, -0.25) is 9.48 Å². The third-order valence-corrected chi connectivity index (χ3v) is 4.48. The Morgan fingerprint density at radius 1 is 1.13 bits per heavy atom. The van der Waals surface area contributed by atoms with E-state index < -0.39 is 0 Å². The Balaban J connectivity index is 1.76. The second-order valence-corrected chi connectivity index (χ2v) is 6.89. The van der Waals surface area contributed by atoms with Gasteiger partial charge in [-0.05, 0) is 36.4 Å². The van der Waals surface area contributed by atoms with E-state index >= 15 is 0 Å². The zero-order chi connectivity index (χ0) is 21.1. The molecule has 0 spiro atoms. The van der Waals surface area contributed by atoms with Crippen molar-refractivity contribution in [2.45, 2.75) is 0 Å². The summed E-state index contributed by atoms with van der Waals surface area (Å²) in [5, 5.41) is 14.7. The number of amides is 1. The number of aryl methyl sites for hydroxylation is 1. The highest BCUT2D eigenvalue weighted by atomic mass is 35.5. The fourth-order valence-electron chi connectivity index (χ4n) is 2.88. The maximum Gasteiger partial charge on any atom is 0.247 e. The summed E-state index contributed by atoms with van der Waals surface area (Å²) in [6, 6.07) is 12.7. The lowest BCUT2D eigenvalue weighted by atomic mass is 10.2. The van der Waals surface area contributed by atoms with Crippen LogP contribution in [0.2, 0.25) is 5.02 Å². The first kappa shape index (κ1) is 19.4. The van der Waals surface area contributed by atoms with E-state index in [-0.39, 0.29) is 5.91 Å². The number of hydrogen-bond acceptors (Lipinski definition) is 6. The largest absolute Gasteiger partial charge is 0.338 e. The number of carbonyl (C=O) groups is 1. The molecule has 4 aromatic rings. The van der Waals surface area contributed by atoms with Crippen molar-refractivity contribution in [3.8, 4) is 0 Å². The van der Waals surface area contributed by atoms with Gasteiger partial charge in [-0.15, -0.1) is 0 Å². The quantitative estimate of drug-likeness (QED) is 0.394. The molecule has 0 aliphatic heterocycles. The number of anilines is 5. The molecule has 2 aromatic heterocycles. The van der Waals surface area contributed by atoms with E-state index in [0.717, 1.165) is 11.1 Å². The van der Waals surface area contributed by atoms with Crippen LogP contribution in [0.25, 0.3) is 10.9 Å². The molecule has 0 aliphatic carbocycles. The normalized spacial score (nSPS) is 10.6. The van der Waals surface area contributed by atoms with Crippen molar-refractivity contribution in [3.05, 3.63) is 72.5 Å². The van der Waals surface area contributed by atoms with Gasteiger partial charge in [0.25, 0.3) is 0 Å². The van der Waals surface area contributed by atoms with Gasteiger partial charge in [-0.2, -0.15) is 10.1 Å². The monoisotopic (exact) mass is 419 g/mol. The van der Waals surface area contributed by atoms with Gasteiger partial charge in [0, 0.05) is 23.7 Å². The summed E-state index contributed by atoms with van der Waals surface area (Å²) in [4.78, 5) is 21.0. The van der Waals surface area contributed by atoms with E-state index in [1.54, 1.807) is 29.1 Å². The number of carbonyl (C=O) groups excluding carboxylic acids is 1. The smallest absolute Gasteiger partial charge is 0.247 e. The Bertz CT molecular complexity index is 1250. The molecule has 0 saturated heterocycles. The van der Waals surface area contributed by atoms with E-state index in [0.29, 0.717) is 33.7 Å². The van der Waals surface area contributed by atoms with Gasteiger partial charge in [-0.25, -0.2) is 4.98 Å². The topological polar surface area (TPSA) is 96.8 Å². The number of hydrogen-bond donors (Lipinski definition) is 3. The minimum atomic E-state index is -0.307. The average molecular weight is 420 g/mol. The van der Waals surface area contributed by atoms with Gasteiger partial charge in [-0.1, -0.05) is 30.3 Å². The van der Waals surface area contributed by atoms with Crippen molar-refractivity contribution in [2.24, 2.45) is 7.05 Å². The summed E-state index contributed by atoms with van der Waals surface area (Å²) in [6.45, 7) is 3.49. The molecule has 2 aromatic carbocycles. The van der Waals surface area contributed by atoms with Gasteiger partial charge >= 0.3 is 0 Å². The lowest BCUT2D eigenvalue weighted by Gasteiger charge is -2.14. The van der Waals surface area contributed by atoms with Crippen molar-refractivity contribution in [1.29, 1.82) is 0 Å². The van der Waals surface area contributed by atoms with Crippen LogP contribution in [0.5, 0.6) is 0 Å². The molecule has 0 fully saturated rings. The molecule has 1 amide bonds. The molecule has 2 heterocycles. The first-order valence-electron chi connectivity index (χ1n) is 9.04. The third-order valence-electron chi connectivity index (χ3n) is 4.24. The molecule has 0 aliphatic rings. The minimum absolute atomic E-state index is 0.307. The number of aromatic nitrogens is 4. The fourth-order valence-corrected chi connectivity index (χ4v) is 3.05. The molecule has 0 saturated carbocycles. The Hall–Kier alpha value is -3.91. The van der Waals surface area contributed by atoms with Gasteiger partial charge in [0.15, 0.2) is 0 Å². The summed E-state index contributed by atoms with van der Waals surface area (Å²) in [6.07, 6.45) is 4.72. The van der Waals surface area contributed by atoms with Gasteiger partial charge < -0.3 is 16.0 Å². The van der Waals surface area contributed by atoms with Crippen molar-refractivity contribution >= 4 is 57.2 Å². The van der Waals surface area contributed by atoms with Crippen molar-refractivity contribution in [2.75, 3.05) is 16.0 Å². The second-order valence-electron chi connectivity index (χ2n) is 6.45. The predicted molar refractivity (Wildman–Crippen MR) is 120 cm³/mol. The van der Waals surface area contributed by atoms with Crippen LogP contribution in [0.4, 0.5) is 28.8 Å². The number of nitrogens with one attached hydrogen (secondary N) is 3. The van der Waals surface area contributed by atoms with E-state index in [1.807, 2.05) is 37.5 Å². The zero-order valence-electron chi connectivity index (χ0n) is 16.1. The fraction of sp³-hybridized carbons (Fsp3) is 0.0476. The van der Waals surface area contributed by atoms with Crippen molar-refractivity contribution < 1.29 is 4.79 Å². The molecule has 9 heteroatoms. The van der Waals surface area contributed by atoms with Crippen molar-refractivity contribution in [1.82, 2.24) is 19.7 Å². The summed E-state index contributed by atoms with van der Waals surface area (Å²) in [5.41, 5.74) is 2.73. The minimum Gasteiger partial charge on any atom is -0.338 e. The molecule has 0 atom stereocenters. The van der Waals surface area contributed by atoms with Crippen LogP contribution in [-0.2, 0) is 11.8 Å². The van der Waals surface area contributed by atoms with Gasteiger partial charge in [0.05, 0.1) is 28.8 Å². The number of benzene rings is 2.